The van der Waals surface area contributed by atoms with Crippen molar-refractivity contribution in [3.63, 3.8) is 0 Å². The summed E-state index contributed by atoms with van der Waals surface area (Å²) in [5, 5.41) is 8.20. The molecular weight excluding hydrogens is 439 g/mol. The highest BCUT2D eigenvalue weighted by molar-refractivity contribution is 6.30. The number of aromatic nitrogens is 4. The van der Waals surface area contributed by atoms with E-state index in [0.29, 0.717) is 6.54 Å². The summed E-state index contributed by atoms with van der Waals surface area (Å²) in [6.07, 6.45) is 0. The molecule has 172 valence electrons. The van der Waals surface area contributed by atoms with E-state index in [4.69, 9.17) is 16.6 Å². The Morgan fingerprint density at radius 2 is 1.85 bits per heavy atom. The van der Waals surface area contributed by atoms with Gasteiger partial charge in [-0.15, -0.1) is 0 Å². The molecule has 33 heavy (non-hydrogen) atoms. The van der Waals surface area contributed by atoms with Crippen LogP contribution >= 0.6 is 11.6 Å². The van der Waals surface area contributed by atoms with Crippen molar-refractivity contribution in [2.75, 3.05) is 31.1 Å². The first-order valence-electron chi connectivity index (χ1n) is 11.2. The highest BCUT2D eigenvalue weighted by Gasteiger charge is 2.24. The van der Waals surface area contributed by atoms with Crippen LogP contribution in [0.3, 0.4) is 0 Å². The predicted octanol–water partition coefficient (Wildman–Crippen LogP) is 4.61. The molecule has 3 heterocycles. The molecule has 6 nitrogen and oxygen atoms in total. The van der Waals surface area contributed by atoms with Gasteiger partial charge in [-0.1, -0.05) is 17.7 Å². The van der Waals surface area contributed by atoms with E-state index in [1.807, 2.05) is 18.7 Å². The molecule has 1 fully saturated rings. The van der Waals surface area contributed by atoms with Crippen molar-refractivity contribution in [3.8, 4) is 11.1 Å². The number of rotatable bonds is 4. The molecule has 0 unspecified atom stereocenters. The molecule has 8 heteroatoms. The first kappa shape index (κ1) is 21.9. The normalized spacial score (nSPS) is 14.4. The molecule has 1 N–H and O–H groups in total. The largest absolute Gasteiger partial charge is 0.340 e. The number of nitrogens with one attached hydrogen (secondary N) is 1. The number of benzene rings is 2. The molecule has 1 aliphatic rings. The van der Waals surface area contributed by atoms with Crippen LogP contribution in [0.5, 0.6) is 0 Å². The fourth-order valence-corrected chi connectivity index (χ4v) is 4.99. The number of hydrogen-bond donors (Lipinski definition) is 1. The number of imidazole rings is 1. The van der Waals surface area contributed by atoms with Crippen LogP contribution in [-0.4, -0.2) is 45.5 Å². The topological polar surface area (TPSA) is 50.9 Å². The Morgan fingerprint density at radius 3 is 2.52 bits per heavy atom. The molecule has 0 atom stereocenters. The summed E-state index contributed by atoms with van der Waals surface area (Å²) in [4.78, 5) is 7.52. The lowest BCUT2D eigenvalue weighted by Gasteiger charge is -2.29. The maximum Gasteiger partial charge on any atom is 0.206 e. The van der Waals surface area contributed by atoms with E-state index in [2.05, 4.69) is 45.9 Å². The van der Waals surface area contributed by atoms with Crippen molar-refractivity contribution >= 4 is 28.6 Å². The highest BCUT2D eigenvalue weighted by Crippen LogP contribution is 2.36. The van der Waals surface area contributed by atoms with Crippen LogP contribution in [0.2, 0.25) is 5.02 Å². The molecule has 0 amide bonds. The zero-order valence-electron chi connectivity index (χ0n) is 19.4. The first-order valence-corrected chi connectivity index (χ1v) is 11.6. The van der Waals surface area contributed by atoms with Crippen molar-refractivity contribution in [3.05, 3.63) is 63.7 Å². The third kappa shape index (κ3) is 3.89. The van der Waals surface area contributed by atoms with Crippen LogP contribution in [0.15, 0.2) is 30.3 Å². The van der Waals surface area contributed by atoms with Crippen LogP contribution in [0.25, 0.3) is 22.2 Å². The van der Waals surface area contributed by atoms with Gasteiger partial charge in [-0.2, -0.15) is 5.10 Å². The minimum absolute atomic E-state index is 0.138. The number of anilines is 1. The Kier molecular flexibility index (Phi) is 5.62. The minimum Gasteiger partial charge on any atom is -0.340 e. The van der Waals surface area contributed by atoms with Gasteiger partial charge in [0.1, 0.15) is 5.82 Å². The third-order valence-electron chi connectivity index (χ3n) is 6.48. The molecule has 0 bridgehead atoms. The molecule has 4 aromatic rings. The molecule has 5 rings (SSSR count). The molecular formula is C25H28ClFN6. The van der Waals surface area contributed by atoms with Crippen molar-refractivity contribution < 1.29 is 4.39 Å². The lowest BCUT2D eigenvalue weighted by molar-refractivity contribution is 0.571. The number of hydrogen-bond acceptors (Lipinski definition) is 4. The van der Waals surface area contributed by atoms with Gasteiger partial charge in [-0.05, 0) is 56.2 Å². The summed E-state index contributed by atoms with van der Waals surface area (Å²) in [6, 6.07) is 9.31. The zero-order chi connectivity index (χ0) is 23.3. The summed E-state index contributed by atoms with van der Waals surface area (Å²) in [5.41, 5.74) is 8.45. The Bertz CT molecular complexity index is 1350. The molecule has 0 spiro atoms. The van der Waals surface area contributed by atoms with Crippen molar-refractivity contribution in [2.24, 2.45) is 7.05 Å². The van der Waals surface area contributed by atoms with E-state index in [1.54, 1.807) is 12.1 Å². The Labute approximate surface area is 198 Å². The smallest absolute Gasteiger partial charge is 0.206 e. The van der Waals surface area contributed by atoms with Crippen LogP contribution in [0, 0.1) is 26.6 Å². The van der Waals surface area contributed by atoms with Crippen LogP contribution < -0.4 is 10.2 Å². The summed E-state index contributed by atoms with van der Waals surface area (Å²) >= 11 is 6.10. The summed E-state index contributed by atoms with van der Waals surface area (Å²) in [5.74, 6) is 0.525. The van der Waals surface area contributed by atoms with E-state index in [9.17, 15) is 4.39 Å². The Balaban J connectivity index is 1.74. The SMILES string of the molecule is Cc1cc(-c2c(C)nn(C)c2C)c2nc(N3CCNCC3)n(Cc3ccc(F)c(Cl)c3)c2c1. The quantitative estimate of drug-likeness (QED) is 0.477. The minimum atomic E-state index is -0.404. The molecule has 1 saturated heterocycles. The van der Waals surface area contributed by atoms with E-state index in [1.165, 1.54) is 6.07 Å². The van der Waals surface area contributed by atoms with Gasteiger partial charge in [-0.25, -0.2) is 9.37 Å². The summed E-state index contributed by atoms with van der Waals surface area (Å²) in [6.45, 7) is 10.4. The van der Waals surface area contributed by atoms with Crippen molar-refractivity contribution in [1.82, 2.24) is 24.6 Å². The fraction of sp³-hybridized carbons (Fsp3) is 0.360. The molecule has 2 aromatic heterocycles. The maximum absolute atomic E-state index is 13.8. The Morgan fingerprint density at radius 1 is 1.09 bits per heavy atom. The fourth-order valence-electron chi connectivity index (χ4n) is 4.79. The lowest BCUT2D eigenvalue weighted by Crippen LogP contribution is -2.44. The van der Waals surface area contributed by atoms with Gasteiger partial charge in [-0.3, -0.25) is 4.68 Å². The highest BCUT2D eigenvalue weighted by atomic mass is 35.5. The second-order valence-electron chi connectivity index (χ2n) is 8.83. The first-order chi connectivity index (χ1) is 15.8. The van der Waals surface area contributed by atoms with Gasteiger partial charge >= 0.3 is 0 Å². The average molecular weight is 467 g/mol. The van der Waals surface area contributed by atoms with Crippen LogP contribution in [-0.2, 0) is 13.6 Å². The van der Waals surface area contributed by atoms with E-state index in [-0.39, 0.29) is 5.02 Å². The zero-order valence-corrected chi connectivity index (χ0v) is 20.2. The molecule has 2 aromatic carbocycles. The number of aryl methyl sites for hydroxylation is 3. The number of nitrogens with zero attached hydrogens (tertiary/aromatic N) is 5. The van der Waals surface area contributed by atoms with E-state index in [0.717, 1.165) is 76.8 Å². The van der Waals surface area contributed by atoms with Gasteiger partial charge in [0, 0.05) is 50.0 Å². The lowest BCUT2D eigenvalue weighted by atomic mass is 10.00. The summed E-state index contributed by atoms with van der Waals surface area (Å²) < 4.78 is 18.0. The third-order valence-corrected chi connectivity index (χ3v) is 6.77. The van der Waals surface area contributed by atoms with E-state index >= 15 is 0 Å². The van der Waals surface area contributed by atoms with Crippen LogP contribution in [0.1, 0.15) is 22.5 Å². The standard InChI is InChI=1S/C25H28ClFN6/c1-15-11-19(23-16(2)30-31(4)17(23)3)24-22(12-15)33(14-18-5-6-21(27)20(26)13-18)25(29-24)32-9-7-28-8-10-32/h5-6,11-13,28H,7-10,14H2,1-4H3. The van der Waals surface area contributed by atoms with Crippen LogP contribution in [0.4, 0.5) is 10.3 Å². The molecule has 0 aliphatic carbocycles. The maximum atomic E-state index is 13.8. The molecule has 1 aliphatic heterocycles. The van der Waals surface area contributed by atoms with Gasteiger partial charge in [0.2, 0.25) is 5.95 Å². The predicted molar refractivity (Wildman–Crippen MR) is 132 cm³/mol. The van der Waals surface area contributed by atoms with Crippen molar-refractivity contribution in [2.45, 2.75) is 27.3 Å². The van der Waals surface area contributed by atoms with E-state index < -0.39 is 5.82 Å². The van der Waals surface area contributed by atoms with Gasteiger partial charge in [0.15, 0.2) is 0 Å². The Hall–Kier alpha value is -2.90. The number of halogens is 2. The van der Waals surface area contributed by atoms with Gasteiger partial charge in [0.05, 0.1) is 28.3 Å². The van der Waals surface area contributed by atoms with Crippen molar-refractivity contribution in [1.29, 1.82) is 0 Å². The second kappa shape index (κ2) is 8.47. The number of fused-ring (bicyclic) bond motifs is 1. The molecule has 0 radical (unpaired) electrons. The van der Waals surface area contributed by atoms with Gasteiger partial charge in [0.25, 0.3) is 0 Å². The monoisotopic (exact) mass is 466 g/mol. The number of piperazine rings is 1. The second-order valence-corrected chi connectivity index (χ2v) is 9.24. The van der Waals surface area contributed by atoms with Gasteiger partial charge < -0.3 is 14.8 Å². The summed E-state index contributed by atoms with van der Waals surface area (Å²) in [7, 11) is 1.97. The molecule has 0 saturated carbocycles. The average Bonchev–Trinajstić information content (AvgIpc) is 3.27.